The van der Waals surface area contributed by atoms with Crippen molar-refractivity contribution >= 4 is 5.91 Å². The third-order valence-electron chi connectivity index (χ3n) is 4.24. The van der Waals surface area contributed by atoms with Crippen LogP contribution in [0.3, 0.4) is 0 Å². The molecule has 4 heteroatoms. The van der Waals surface area contributed by atoms with Crippen LogP contribution in [0.5, 0.6) is 5.75 Å². The second kappa shape index (κ2) is 7.71. The zero-order valence-electron chi connectivity index (χ0n) is 14.2. The molecule has 0 aliphatic rings. The van der Waals surface area contributed by atoms with Crippen molar-refractivity contribution in [3.63, 3.8) is 0 Å². The van der Waals surface area contributed by atoms with Crippen LogP contribution in [-0.2, 0) is 24.3 Å². The van der Waals surface area contributed by atoms with Gasteiger partial charge >= 0.3 is 0 Å². The summed E-state index contributed by atoms with van der Waals surface area (Å²) >= 11 is 0. The number of benzene rings is 2. The van der Waals surface area contributed by atoms with Gasteiger partial charge in [0.05, 0.1) is 19.2 Å². The lowest BCUT2D eigenvalue weighted by atomic mass is 10.0. The van der Waals surface area contributed by atoms with Gasteiger partial charge in [0.15, 0.2) is 0 Å². The number of phenols is 1. The monoisotopic (exact) mass is 335 g/mol. The Kier molecular flexibility index (Phi) is 5.19. The number of carbonyl (C=O) groups excluding carboxylic acids is 1. The molecule has 1 aromatic heterocycles. The van der Waals surface area contributed by atoms with Gasteiger partial charge in [-0.1, -0.05) is 42.5 Å². The van der Waals surface area contributed by atoms with E-state index in [2.05, 4.69) is 0 Å². The SMILES string of the molecule is Cc1ccccc1CC(=O)N(Cc1ccco1)Cc1ccccc1O. The average Bonchev–Trinajstić information content (AvgIpc) is 3.11. The van der Waals surface area contributed by atoms with Crippen LogP contribution in [-0.4, -0.2) is 15.9 Å². The maximum absolute atomic E-state index is 12.9. The standard InChI is InChI=1S/C21H21NO3/c1-16-7-2-3-8-17(16)13-21(24)22(15-19-10-6-12-25-19)14-18-9-4-5-11-20(18)23/h2-12,23H,13-15H2,1H3. The highest BCUT2D eigenvalue weighted by Crippen LogP contribution is 2.20. The van der Waals surface area contributed by atoms with Gasteiger partial charge in [0.1, 0.15) is 11.5 Å². The highest BCUT2D eigenvalue weighted by Gasteiger charge is 2.18. The van der Waals surface area contributed by atoms with Gasteiger partial charge < -0.3 is 14.4 Å². The third kappa shape index (κ3) is 4.29. The van der Waals surface area contributed by atoms with Crippen LogP contribution < -0.4 is 0 Å². The molecule has 1 N–H and O–H groups in total. The minimum atomic E-state index is -0.00560. The van der Waals surface area contributed by atoms with Crippen molar-refractivity contribution in [2.45, 2.75) is 26.4 Å². The molecule has 0 unspecified atom stereocenters. The van der Waals surface area contributed by atoms with E-state index in [0.29, 0.717) is 30.8 Å². The highest BCUT2D eigenvalue weighted by atomic mass is 16.3. The molecule has 0 atom stereocenters. The van der Waals surface area contributed by atoms with Crippen molar-refractivity contribution in [2.75, 3.05) is 0 Å². The van der Waals surface area contributed by atoms with Crippen molar-refractivity contribution in [1.82, 2.24) is 4.90 Å². The third-order valence-corrected chi connectivity index (χ3v) is 4.24. The molecule has 0 radical (unpaired) electrons. The van der Waals surface area contributed by atoms with Gasteiger partial charge in [0.2, 0.25) is 5.91 Å². The molecule has 1 heterocycles. The van der Waals surface area contributed by atoms with Gasteiger partial charge in [-0.05, 0) is 36.2 Å². The minimum absolute atomic E-state index is 0.00560. The summed E-state index contributed by atoms with van der Waals surface area (Å²) in [4.78, 5) is 14.6. The summed E-state index contributed by atoms with van der Waals surface area (Å²) in [6.45, 7) is 2.70. The van der Waals surface area contributed by atoms with Crippen molar-refractivity contribution in [3.8, 4) is 5.75 Å². The molecule has 0 saturated carbocycles. The Morgan fingerprint density at radius 1 is 0.960 bits per heavy atom. The van der Waals surface area contributed by atoms with Crippen LogP contribution in [0.15, 0.2) is 71.3 Å². The van der Waals surface area contributed by atoms with Gasteiger partial charge in [0, 0.05) is 12.1 Å². The van der Waals surface area contributed by atoms with Crippen LogP contribution in [0.25, 0.3) is 0 Å². The Morgan fingerprint density at radius 2 is 1.68 bits per heavy atom. The summed E-state index contributed by atoms with van der Waals surface area (Å²) in [7, 11) is 0. The Morgan fingerprint density at radius 3 is 2.36 bits per heavy atom. The second-order valence-corrected chi connectivity index (χ2v) is 6.06. The molecule has 2 aromatic carbocycles. The molecule has 1 amide bonds. The number of carbonyl (C=O) groups is 1. The lowest BCUT2D eigenvalue weighted by Gasteiger charge is -2.23. The minimum Gasteiger partial charge on any atom is -0.508 e. The number of amides is 1. The Balaban J connectivity index is 1.81. The highest BCUT2D eigenvalue weighted by molar-refractivity contribution is 5.79. The Labute approximate surface area is 147 Å². The maximum Gasteiger partial charge on any atom is 0.227 e. The number of furan rings is 1. The summed E-state index contributed by atoms with van der Waals surface area (Å²) in [5.74, 6) is 0.901. The second-order valence-electron chi connectivity index (χ2n) is 6.06. The molecule has 3 rings (SSSR count). The normalized spacial score (nSPS) is 10.6. The largest absolute Gasteiger partial charge is 0.508 e. The first-order valence-electron chi connectivity index (χ1n) is 8.25. The van der Waals surface area contributed by atoms with Gasteiger partial charge in [-0.15, -0.1) is 0 Å². The van der Waals surface area contributed by atoms with E-state index >= 15 is 0 Å². The first-order chi connectivity index (χ1) is 12.1. The van der Waals surface area contributed by atoms with E-state index < -0.39 is 0 Å². The Bertz CT molecular complexity index is 840. The van der Waals surface area contributed by atoms with E-state index in [4.69, 9.17) is 4.42 Å². The molecule has 3 aromatic rings. The summed E-state index contributed by atoms with van der Waals surface area (Å²) in [5.41, 5.74) is 2.82. The van der Waals surface area contributed by atoms with E-state index in [9.17, 15) is 9.90 Å². The molecular formula is C21H21NO3. The lowest BCUT2D eigenvalue weighted by molar-refractivity contribution is -0.132. The lowest BCUT2D eigenvalue weighted by Crippen LogP contribution is -2.31. The fourth-order valence-corrected chi connectivity index (χ4v) is 2.76. The van der Waals surface area contributed by atoms with Crippen molar-refractivity contribution in [1.29, 1.82) is 0 Å². The quantitative estimate of drug-likeness (QED) is 0.739. The fraction of sp³-hybridized carbons (Fsp3) is 0.190. The average molecular weight is 335 g/mol. The van der Waals surface area contributed by atoms with Crippen molar-refractivity contribution < 1.29 is 14.3 Å². The molecule has 0 aliphatic carbocycles. The van der Waals surface area contributed by atoms with Crippen molar-refractivity contribution in [2.24, 2.45) is 0 Å². The van der Waals surface area contributed by atoms with E-state index in [0.717, 1.165) is 11.1 Å². The Hall–Kier alpha value is -3.01. The summed E-state index contributed by atoms with van der Waals surface area (Å²) in [6, 6.07) is 18.6. The summed E-state index contributed by atoms with van der Waals surface area (Å²) < 4.78 is 5.40. The zero-order chi connectivity index (χ0) is 17.6. The van der Waals surface area contributed by atoms with Gasteiger partial charge in [-0.2, -0.15) is 0 Å². The van der Waals surface area contributed by atoms with E-state index in [1.54, 1.807) is 29.4 Å². The number of nitrogens with zero attached hydrogens (tertiary/aromatic N) is 1. The molecule has 0 spiro atoms. The fourth-order valence-electron chi connectivity index (χ4n) is 2.76. The number of aryl methyl sites for hydroxylation is 1. The van der Waals surface area contributed by atoms with Crippen LogP contribution in [0.2, 0.25) is 0 Å². The molecule has 25 heavy (non-hydrogen) atoms. The summed E-state index contributed by atoms with van der Waals surface area (Å²) in [6.07, 6.45) is 1.92. The first kappa shape index (κ1) is 16.8. The van der Waals surface area contributed by atoms with E-state index in [1.165, 1.54) is 0 Å². The smallest absolute Gasteiger partial charge is 0.227 e. The number of rotatable bonds is 6. The molecule has 0 saturated heterocycles. The van der Waals surface area contributed by atoms with E-state index in [-0.39, 0.29) is 11.7 Å². The number of aromatic hydroxyl groups is 1. The van der Waals surface area contributed by atoms with Crippen molar-refractivity contribution in [3.05, 3.63) is 89.4 Å². The molecular weight excluding hydrogens is 314 g/mol. The predicted molar refractivity (Wildman–Crippen MR) is 96.0 cm³/mol. The van der Waals surface area contributed by atoms with Crippen LogP contribution in [0.1, 0.15) is 22.5 Å². The topological polar surface area (TPSA) is 53.7 Å². The zero-order valence-corrected chi connectivity index (χ0v) is 14.2. The number of phenolic OH excluding ortho intramolecular Hbond substituents is 1. The molecule has 0 fully saturated rings. The van der Waals surface area contributed by atoms with Crippen LogP contribution in [0, 0.1) is 6.92 Å². The van der Waals surface area contributed by atoms with Gasteiger partial charge in [-0.3, -0.25) is 4.79 Å². The van der Waals surface area contributed by atoms with Crippen LogP contribution >= 0.6 is 0 Å². The van der Waals surface area contributed by atoms with Gasteiger partial charge in [0.25, 0.3) is 0 Å². The van der Waals surface area contributed by atoms with Gasteiger partial charge in [-0.25, -0.2) is 0 Å². The van der Waals surface area contributed by atoms with Crippen LogP contribution in [0.4, 0.5) is 0 Å². The summed E-state index contributed by atoms with van der Waals surface area (Å²) in [5, 5.41) is 10.0. The molecule has 0 bridgehead atoms. The molecule has 0 aliphatic heterocycles. The van der Waals surface area contributed by atoms with E-state index in [1.807, 2.05) is 49.4 Å². The number of hydrogen-bond donors (Lipinski definition) is 1. The first-order valence-corrected chi connectivity index (χ1v) is 8.25. The predicted octanol–water partition coefficient (Wildman–Crippen LogP) is 4.07. The maximum atomic E-state index is 12.9. The molecule has 128 valence electrons. The molecule has 4 nitrogen and oxygen atoms in total. The number of para-hydroxylation sites is 1. The number of hydrogen-bond acceptors (Lipinski definition) is 3.